The normalized spacial score (nSPS) is 21.4. The van der Waals surface area contributed by atoms with Gasteiger partial charge in [-0.1, -0.05) is 19.3 Å². The van der Waals surface area contributed by atoms with Gasteiger partial charge in [-0.2, -0.15) is 0 Å². The maximum absolute atomic E-state index is 11.4. The minimum absolute atomic E-state index is 0.0872. The van der Waals surface area contributed by atoms with Gasteiger partial charge in [-0.15, -0.1) is 0 Å². The Labute approximate surface area is 103 Å². The Morgan fingerprint density at radius 1 is 1.12 bits per heavy atom. The van der Waals surface area contributed by atoms with Crippen LogP contribution in [0.4, 0.5) is 0 Å². The zero-order valence-electron chi connectivity index (χ0n) is 10.5. The summed E-state index contributed by atoms with van der Waals surface area (Å²) in [6.45, 7) is 1.75. The van der Waals surface area contributed by atoms with E-state index in [2.05, 4.69) is 10.6 Å². The Morgan fingerprint density at radius 2 is 1.88 bits per heavy atom. The largest absolute Gasteiger partial charge is 0.376 e. The lowest BCUT2D eigenvalue weighted by atomic mass is 9.98. The molecule has 0 saturated heterocycles. The molecule has 4 nitrogen and oxygen atoms in total. The van der Waals surface area contributed by atoms with Crippen LogP contribution in [-0.2, 0) is 9.53 Å². The van der Waals surface area contributed by atoms with Crippen LogP contribution in [-0.4, -0.2) is 37.7 Å². The molecule has 4 heteroatoms. The van der Waals surface area contributed by atoms with Crippen molar-refractivity contribution in [3.8, 4) is 0 Å². The monoisotopic (exact) mass is 240 g/mol. The van der Waals surface area contributed by atoms with Crippen molar-refractivity contribution in [3.05, 3.63) is 0 Å². The molecule has 0 bridgehead atoms. The van der Waals surface area contributed by atoms with E-state index < -0.39 is 0 Å². The van der Waals surface area contributed by atoms with E-state index in [1.807, 2.05) is 0 Å². The van der Waals surface area contributed by atoms with Crippen molar-refractivity contribution in [1.82, 2.24) is 10.6 Å². The first-order valence-electron chi connectivity index (χ1n) is 6.96. The Hall–Kier alpha value is -0.610. The number of amides is 1. The van der Waals surface area contributed by atoms with Gasteiger partial charge in [-0.05, 0) is 25.7 Å². The maximum Gasteiger partial charge on any atom is 0.234 e. The van der Waals surface area contributed by atoms with Crippen molar-refractivity contribution in [3.63, 3.8) is 0 Å². The quantitative estimate of drug-likeness (QED) is 0.658. The minimum Gasteiger partial charge on any atom is -0.376 e. The standard InChI is InChI=1S/C13H24N2O2/c16-13(10-15-11-6-7-11)14-8-9-17-12-4-2-1-3-5-12/h11-12,15H,1-10H2,(H,14,16). The van der Waals surface area contributed by atoms with Crippen LogP contribution in [0.5, 0.6) is 0 Å². The molecule has 17 heavy (non-hydrogen) atoms. The Morgan fingerprint density at radius 3 is 2.59 bits per heavy atom. The van der Waals surface area contributed by atoms with Crippen LogP contribution >= 0.6 is 0 Å². The third-order valence-electron chi connectivity index (χ3n) is 3.46. The van der Waals surface area contributed by atoms with Crippen molar-refractivity contribution >= 4 is 5.91 Å². The minimum atomic E-state index is 0.0872. The molecule has 0 atom stereocenters. The lowest BCUT2D eigenvalue weighted by Gasteiger charge is -2.22. The van der Waals surface area contributed by atoms with Gasteiger partial charge in [-0.3, -0.25) is 4.79 Å². The second-order valence-electron chi connectivity index (χ2n) is 5.14. The number of ether oxygens (including phenoxy) is 1. The first-order chi connectivity index (χ1) is 8.34. The van der Waals surface area contributed by atoms with Gasteiger partial charge in [0.1, 0.15) is 0 Å². The molecule has 0 radical (unpaired) electrons. The number of nitrogens with one attached hydrogen (secondary N) is 2. The van der Waals surface area contributed by atoms with E-state index in [0.29, 0.717) is 31.8 Å². The van der Waals surface area contributed by atoms with Crippen LogP contribution in [0.25, 0.3) is 0 Å². The lowest BCUT2D eigenvalue weighted by Crippen LogP contribution is -2.37. The molecule has 0 aliphatic heterocycles. The van der Waals surface area contributed by atoms with Crippen LogP contribution < -0.4 is 10.6 Å². The van der Waals surface area contributed by atoms with Gasteiger partial charge in [0.15, 0.2) is 0 Å². The van der Waals surface area contributed by atoms with E-state index in [4.69, 9.17) is 4.74 Å². The third-order valence-corrected chi connectivity index (χ3v) is 3.46. The van der Waals surface area contributed by atoms with E-state index in [9.17, 15) is 4.79 Å². The summed E-state index contributed by atoms with van der Waals surface area (Å²) in [6.07, 6.45) is 9.20. The molecule has 0 spiro atoms. The summed E-state index contributed by atoms with van der Waals surface area (Å²) in [5, 5.41) is 6.07. The molecule has 2 fully saturated rings. The number of carbonyl (C=O) groups is 1. The van der Waals surface area contributed by atoms with Crippen LogP contribution in [0.2, 0.25) is 0 Å². The first-order valence-corrected chi connectivity index (χ1v) is 6.96. The molecular weight excluding hydrogens is 216 g/mol. The predicted octanol–water partition coefficient (Wildman–Crippen LogP) is 1.20. The zero-order valence-corrected chi connectivity index (χ0v) is 10.5. The van der Waals surface area contributed by atoms with Gasteiger partial charge >= 0.3 is 0 Å². The fourth-order valence-corrected chi connectivity index (χ4v) is 2.23. The Kier molecular flexibility index (Phi) is 5.26. The van der Waals surface area contributed by atoms with E-state index in [0.717, 1.165) is 0 Å². The molecule has 98 valence electrons. The molecular formula is C13H24N2O2. The number of carbonyl (C=O) groups excluding carboxylic acids is 1. The average molecular weight is 240 g/mol. The Balaban J connectivity index is 1.42. The van der Waals surface area contributed by atoms with Crippen molar-refractivity contribution in [2.24, 2.45) is 0 Å². The topological polar surface area (TPSA) is 50.4 Å². The summed E-state index contributed by atoms with van der Waals surface area (Å²) in [4.78, 5) is 11.4. The summed E-state index contributed by atoms with van der Waals surface area (Å²) in [5.41, 5.74) is 0. The zero-order chi connectivity index (χ0) is 11.9. The molecule has 0 aromatic rings. The number of hydrogen-bond donors (Lipinski definition) is 2. The Bertz CT molecular complexity index is 236. The van der Waals surface area contributed by atoms with Gasteiger partial charge in [0.2, 0.25) is 5.91 Å². The van der Waals surface area contributed by atoms with E-state index in [1.165, 1.54) is 44.9 Å². The molecule has 0 unspecified atom stereocenters. The molecule has 2 aliphatic rings. The maximum atomic E-state index is 11.4. The van der Waals surface area contributed by atoms with Crippen molar-refractivity contribution < 1.29 is 9.53 Å². The second kappa shape index (κ2) is 6.97. The predicted molar refractivity (Wildman–Crippen MR) is 66.9 cm³/mol. The summed E-state index contributed by atoms with van der Waals surface area (Å²) < 4.78 is 5.74. The first kappa shape index (κ1) is 12.8. The highest BCUT2D eigenvalue weighted by Crippen LogP contribution is 2.20. The molecule has 0 aromatic carbocycles. The fraction of sp³-hybridized carbons (Fsp3) is 0.923. The average Bonchev–Trinajstić information content (AvgIpc) is 3.17. The molecule has 1 amide bonds. The van der Waals surface area contributed by atoms with E-state index >= 15 is 0 Å². The molecule has 0 heterocycles. The molecule has 0 aromatic heterocycles. The van der Waals surface area contributed by atoms with Crippen LogP contribution in [0, 0.1) is 0 Å². The highest BCUT2D eigenvalue weighted by atomic mass is 16.5. The third kappa shape index (κ3) is 5.50. The van der Waals surface area contributed by atoms with Gasteiger partial charge in [0, 0.05) is 12.6 Å². The van der Waals surface area contributed by atoms with Gasteiger partial charge in [-0.25, -0.2) is 0 Å². The lowest BCUT2D eigenvalue weighted by molar-refractivity contribution is -0.120. The van der Waals surface area contributed by atoms with Crippen LogP contribution in [0.15, 0.2) is 0 Å². The van der Waals surface area contributed by atoms with Crippen molar-refractivity contribution in [2.75, 3.05) is 19.7 Å². The van der Waals surface area contributed by atoms with E-state index in [-0.39, 0.29) is 5.91 Å². The van der Waals surface area contributed by atoms with Crippen molar-refractivity contribution in [1.29, 1.82) is 0 Å². The SMILES string of the molecule is O=C(CNC1CC1)NCCOC1CCCCC1. The van der Waals surface area contributed by atoms with Gasteiger partial charge < -0.3 is 15.4 Å². The molecule has 2 saturated carbocycles. The molecule has 2 N–H and O–H groups in total. The van der Waals surface area contributed by atoms with Gasteiger partial charge in [0.25, 0.3) is 0 Å². The second-order valence-corrected chi connectivity index (χ2v) is 5.14. The molecule has 2 rings (SSSR count). The van der Waals surface area contributed by atoms with Crippen LogP contribution in [0.1, 0.15) is 44.9 Å². The number of rotatable bonds is 7. The summed E-state index contributed by atoms with van der Waals surface area (Å²) in [5.74, 6) is 0.0872. The highest BCUT2D eigenvalue weighted by molar-refractivity contribution is 5.78. The van der Waals surface area contributed by atoms with E-state index in [1.54, 1.807) is 0 Å². The summed E-state index contributed by atoms with van der Waals surface area (Å²) in [7, 11) is 0. The fourth-order valence-electron chi connectivity index (χ4n) is 2.23. The van der Waals surface area contributed by atoms with Gasteiger partial charge in [0.05, 0.1) is 19.3 Å². The smallest absolute Gasteiger partial charge is 0.234 e. The summed E-state index contributed by atoms with van der Waals surface area (Å²) >= 11 is 0. The van der Waals surface area contributed by atoms with Crippen LogP contribution in [0.3, 0.4) is 0 Å². The highest BCUT2D eigenvalue weighted by Gasteiger charge is 2.21. The summed E-state index contributed by atoms with van der Waals surface area (Å²) in [6, 6.07) is 0.597. The molecule has 2 aliphatic carbocycles. The number of hydrogen-bond acceptors (Lipinski definition) is 3. The van der Waals surface area contributed by atoms with Crippen molar-refractivity contribution in [2.45, 2.75) is 57.1 Å².